The number of rotatable bonds is 6. The molecule has 1 aliphatic heterocycles. The molecule has 2 atom stereocenters. The lowest BCUT2D eigenvalue weighted by Crippen LogP contribution is -2.42. The van der Waals surface area contributed by atoms with Crippen molar-refractivity contribution in [2.45, 2.75) is 70.1 Å². The van der Waals surface area contributed by atoms with E-state index in [-0.39, 0.29) is 17.9 Å². The monoisotopic (exact) mass is 330 g/mol. The Kier molecular flexibility index (Phi) is 5.38. The Bertz CT molecular complexity index is 579. The molecule has 1 saturated carbocycles. The van der Waals surface area contributed by atoms with Crippen molar-refractivity contribution in [3.63, 3.8) is 0 Å². The fourth-order valence-corrected chi connectivity index (χ4v) is 3.48. The largest absolute Gasteiger partial charge is 0.490 e. The maximum Gasteiger partial charge on any atom is 0.243 e. The van der Waals surface area contributed by atoms with Crippen LogP contribution >= 0.6 is 0 Å². The van der Waals surface area contributed by atoms with Gasteiger partial charge in [0.2, 0.25) is 11.8 Å². The van der Waals surface area contributed by atoms with Gasteiger partial charge in [-0.05, 0) is 56.2 Å². The maximum atomic E-state index is 12.3. The van der Waals surface area contributed by atoms with Crippen LogP contribution in [0.2, 0.25) is 0 Å². The highest BCUT2D eigenvalue weighted by molar-refractivity contribution is 5.90. The van der Waals surface area contributed by atoms with Crippen LogP contribution in [-0.2, 0) is 9.59 Å². The Hall–Kier alpha value is -2.04. The van der Waals surface area contributed by atoms with E-state index in [1.165, 1.54) is 12.8 Å². The molecule has 2 amide bonds. The molecule has 0 bridgehead atoms. The minimum absolute atomic E-state index is 0.0448. The molecular formula is C19H26N2O3. The topological polar surface area (TPSA) is 67.4 Å². The number of benzene rings is 1. The Morgan fingerprint density at radius 1 is 1.25 bits per heavy atom. The van der Waals surface area contributed by atoms with Gasteiger partial charge in [-0.25, -0.2) is 0 Å². The average Bonchev–Trinajstić information content (AvgIpc) is 3.25. The zero-order chi connectivity index (χ0) is 16.9. The average molecular weight is 330 g/mol. The summed E-state index contributed by atoms with van der Waals surface area (Å²) in [5.41, 5.74) is 1.06. The number of amides is 2. The van der Waals surface area contributed by atoms with E-state index in [0.717, 1.165) is 30.6 Å². The second-order valence-corrected chi connectivity index (χ2v) is 6.72. The number of ether oxygens (including phenoxy) is 1. The molecule has 24 heavy (non-hydrogen) atoms. The lowest BCUT2D eigenvalue weighted by molar-refractivity contribution is -0.126. The Morgan fingerprint density at radius 2 is 1.96 bits per heavy atom. The highest BCUT2D eigenvalue weighted by Gasteiger charge is 2.28. The molecule has 2 fully saturated rings. The number of carbonyl (C=O) groups excluding carboxylic acids is 2. The van der Waals surface area contributed by atoms with Gasteiger partial charge in [0.05, 0.1) is 12.1 Å². The minimum Gasteiger partial charge on any atom is -0.490 e. The van der Waals surface area contributed by atoms with Gasteiger partial charge in [0, 0.05) is 6.42 Å². The van der Waals surface area contributed by atoms with Crippen LogP contribution in [0, 0.1) is 0 Å². The number of carbonyl (C=O) groups is 2. The summed E-state index contributed by atoms with van der Waals surface area (Å²) in [6.07, 6.45) is 6.95. The van der Waals surface area contributed by atoms with E-state index in [4.69, 9.17) is 4.74 Å². The Morgan fingerprint density at radius 3 is 2.54 bits per heavy atom. The summed E-state index contributed by atoms with van der Waals surface area (Å²) in [4.78, 5) is 23.5. The van der Waals surface area contributed by atoms with Crippen LogP contribution in [0.4, 0.5) is 0 Å². The Balaban J connectivity index is 1.58. The number of hydrogen-bond donors (Lipinski definition) is 2. The highest BCUT2D eigenvalue weighted by Crippen LogP contribution is 2.26. The summed E-state index contributed by atoms with van der Waals surface area (Å²) in [5.74, 6) is 0.755. The van der Waals surface area contributed by atoms with Crippen molar-refractivity contribution in [1.29, 1.82) is 0 Å². The van der Waals surface area contributed by atoms with E-state index in [9.17, 15) is 9.59 Å². The van der Waals surface area contributed by atoms with Crippen LogP contribution in [0.3, 0.4) is 0 Å². The third kappa shape index (κ3) is 4.08. The van der Waals surface area contributed by atoms with Crippen molar-refractivity contribution >= 4 is 11.8 Å². The van der Waals surface area contributed by atoms with Crippen molar-refractivity contribution in [2.75, 3.05) is 0 Å². The van der Waals surface area contributed by atoms with Crippen LogP contribution in [0.5, 0.6) is 5.75 Å². The minimum atomic E-state index is -0.392. The molecule has 1 aliphatic carbocycles. The summed E-state index contributed by atoms with van der Waals surface area (Å²) in [6, 6.07) is 7.57. The van der Waals surface area contributed by atoms with Gasteiger partial charge >= 0.3 is 0 Å². The first-order valence-electron chi connectivity index (χ1n) is 9.02. The van der Waals surface area contributed by atoms with Crippen molar-refractivity contribution < 1.29 is 14.3 Å². The molecule has 0 unspecified atom stereocenters. The van der Waals surface area contributed by atoms with Gasteiger partial charge in [-0.15, -0.1) is 0 Å². The van der Waals surface area contributed by atoms with Gasteiger partial charge in [-0.1, -0.05) is 19.1 Å². The molecule has 2 aliphatic rings. The summed E-state index contributed by atoms with van der Waals surface area (Å²) >= 11 is 0. The van der Waals surface area contributed by atoms with E-state index in [1.807, 2.05) is 31.2 Å². The third-order valence-corrected chi connectivity index (χ3v) is 4.92. The van der Waals surface area contributed by atoms with Gasteiger partial charge in [0.15, 0.2) is 0 Å². The fraction of sp³-hybridized carbons (Fsp3) is 0.579. The smallest absolute Gasteiger partial charge is 0.243 e. The molecule has 0 spiro atoms. The van der Waals surface area contributed by atoms with Crippen LogP contribution in [0.25, 0.3) is 0 Å². The first kappa shape index (κ1) is 16.8. The molecule has 3 rings (SSSR count). The van der Waals surface area contributed by atoms with E-state index >= 15 is 0 Å². The summed E-state index contributed by atoms with van der Waals surface area (Å²) < 4.78 is 5.98. The number of nitrogens with one attached hydrogen (secondary N) is 2. The first-order chi connectivity index (χ1) is 11.7. The lowest BCUT2D eigenvalue weighted by atomic mass is 10.0. The van der Waals surface area contributed by atoms with E-state index in [2.05, 4.69) is 10.6 Å². The predicted octanol–water partition coefficient (Wildman–Crippen LogP) is 2.85. The first-order valence-corrected chi connectivity index (χ1v) is 9.02. The predicted molar refractivity (Wildman–Crippen MR) is 91.7 cm³/mol. The summed E-state index contributed by atoms with van der Waals surface area (Å²) in [7, 11) is 0. The van der Waals surface area contributed by atoms with Crippen molar-refractivity contribution in [1.82, 2.24) is 10.6 Å². The molecule has 5 heteroatoms. The maximum absolute atomic E-state index is 12.3. The zero-order valence-electron chi connectivity index (χ0n) is 14.2. The second-order valence-electron chi connectivity index (χ2n) is 6.72. The Labute approximate surface area is 143 Å². The van der Waals surface area contributed by atoms with Crippen LogP contribution in [0.1, 0.15) is 63.5 Å². The van der Waals surface area contributed by atoms with E-state index in [1.54, 1.807) is 0 Å². The summed E-state index contributed by atoms with van der Waals surface area (Å²) in [6.45, 7) is 2.04. The molecular weight excluding hydrogens is 304 g/mol. The van der Waals surface area contributed by atoms with E-state index < -0.39 is 6.04 Å². The van der Waals surface area contributed by atoms with E-state index in [0.29, 0.717) is 18.9 Å². The van der Waals surface area contributed by atoms with Gasteiger partial charge in [0.25, 0.3) is 0 Å². The molecule has 1 aromatic carbocycles. The molecule has 0 radical (unpaired) electrons. The second kappa shape index (κ2) is 7.69. The quantitative estimate of drug-likeness (QED) is 0.843. The van der Waals surface area contributed by atoms with Crippen molar-refractivity contribution in [2.24, 2.45) is 0 Å². The molecule has 0 aromatic heterocycles. The zero-order valence-corrected chi connectivity index (χ0v) is 14.2. The third-order valence-electron chi connectivity index (χ3n) is 4.92. The molecule has 1 saturated heterocycles. The molecule has 1 heterocycles. The molecule has 2 N–H and O–H groups in total. The SMILES string of the molecule is CC[C@@H](NC(=O)[C@H]1CCC(=O)N1)c1ccc(OC2CCCC2)cc1. The van der Waals surface area contributed by atoms with Gasteiger partial charge in [-0.3, -0.25) is 9.59 Å². The van der Waals surface area contributed by atoms with Crippen molar-refractivity contribution in [3.8, 4) is 5.75 Å². The van der Waals surface area contributed by atoms with Crippen LogP contribution in [0.15, 0.2) is 24.3 Å². The number of hydrogen-bond acceptors (Lipinski definition) is 3. The van der Waals surface area contributed by atoms with Gasteiger partial charge in [-0.2, -0.15) is 0 Å². The lowest BCUT2D eigenvalue weighted by Gasteiger charge is -2.20. The van der Waals surface area contributed by atoms with Gasteiger partial charge in [0.1, 0.15) is 11.8 Å². The standard InChI is InChI=1S/C19H26N2O3/c1-2-16(21-19(23)17-11-12-18(22)20-17)13-7-9-15(10-8-13)24-14-5-3-4-6-14/h7-10,14,16-17H,2-6,11-12H2,1H3,(H,20,22)(H,21,23)/t16-,17-/m1/s1. The highest BCUT2D eigenvalue weighted by atomic mass is 16.5. The van der Waals surface area contributed by atoms with Crippen LogP contribution in [-0.4, -0.2) is 24.0 Å². The van der Waals surface area contributed by atoms with Crippen molar-refractivity contribution in [3.05, 3.63) is 29.8 Å². The molecule has 5 nitrogen and oxygen atoms in total. The normalized spacial score (nSPS) is 22.2. The van der Waals surface area contributed by atoms with Gasteiger partial charge < -0.3 is 15.4 Å². The fourth-order valence-electron chi connectivity index (χ4n) is 3.48. The van der Waals surface area contributed by atoms with Crippen LogP contribution < -0.4 is 15.4 Å². The molecule has 130 valence electrons. The molecule has 1 aromatic rings. The summed E-state index contributed by atoms with van der Waals surface area (Å²) in [5, 5.41) is 5.76.